The lowest BCUT2D eigenvalue weighted by atomic mass is 9.79. The average Bonchev–Trinajstić information content (AvgIpc) is 1.99. The molecule has 0 heterocycles. The standard InChI is InChI=1S/C14H32N2/c1-9(2)14(10(3)4)12(7)16(11(5)6)13(8)15/h9-14H,15H2,1-8H3. The smallest absolute Gasteiger partial charge is 0.0547 e. The highest BCUT2D eigenvalue weighted by atomic mass is 15.3. The molecule has 2 unspecified atom stereocenters. The second-order valence-electron chi connectivity index (χ2n) is 6.09. The quantitative estimate of drug-likeness (QED) is 0.707. The van der Waals surface area contributed by atoms with E-state index in [-0.39, 0.29) is 6.17 Å². The van der Waals surface area contributed by atoms with Crippen LogP contribution in [0.15, 0.2) is 0 Å². The van der Waals surface area contributed by atoms with Gasteiger partial charge in [-0.2, -0.15) is 0 Å². The molecule has 2 atom stereocenters. The van der Waals surface area contributed by atoms with Gasteiger partial charge in [0.2, 0.25) is 0 Å². The normalized spacial score (nSPS) is 16.9. The predicted molar refractivity (Wildman–Crippen MR) is 73.3 cm³/mol. The maximum Gasteiger partial charge on any atom is 0.0547 e. The van der Waals surface area contributed by atoms with Crippen LogP contribution < -0.4 is 5.73 Å². The van der Waals surface area contributed by atoms with Crippen LogP contribution in [0.1, 0.15) is 55.4 Å². The van der Waals surface area contributed by atoms with Crippen molar-refractivity contribution in [3.63, 3.8) is 0 Å². The Morgan fingerprint density at radius 2 is 1.12 bits per heavy atom. The first-order valence-electron chi connectivity index (χ1n) is 6.73. The molecule has 0 radical (unpaired) electrons. The molecule has 0 aromatic carbocycles. The number of rotatable bonds is 6. The summed E-state index contributed by atoms with van der Waals surface area (Å²) in [6.45, 7) is 18.2. The van der Waals surface area contributed by atoms with Crippen LogP contribution in [0.4, 0.5) is 0 Å². The minimum Gasteiger partial charge on any atom is -0.316 e. The summed E-state index contributed by atoms with van der Waals surface area (Å²) in [6, 6.07) is 1.05. The van der Waals surface area contributed by atoms with Gasteiger partial charge in [-0.05, 0) is 45.4 Å². The number of hydrogen-bond acceptors (Lipinski definition) is 2. The molecule has 0 rings (SSSR count). The fraction of sp³-hybridized carbons (Fsp3) is 1.00. The molecular formula is C14H32N2. The van der Waals surface area contributed by atoms with Crippen LogP contribution in [-0.2, 0) is 0 Å². The van der Waals surface area contributed by atoms with Gasteiger partial charge < -0.3 is 5.73 Å². The topological polar surface area (TPSA) is 29.3 Å². The van der Waals surface area contributed by atoms with E-state index in [1.807, 2.05) is 0 Å². The van der Waals surface area contributed by atoms with Gasteiger partial charge >= 0.3 is 0 Å². The van der Waals surface area contributed by atoms with Crippen LogP contribution in [0, 0.1) is 17.8 Å². The molecule has 0 aromatic rings. The molecule has 0 amide bonds. The Labute approximate surface area is 103 Å². The first-order valence-corrected chi connectivity index (χ1v) is 6.73. The summed E-state index contributed by atoms with van der Waals surface area (Å²) < 4.78 is 0. The van der Waals surface area contributed by atoms with E-state index in [1.165, 1.54) is 0 Å². The Hall–Kier alpha value is -0.0800. The molecule has 0 aliphatic heterocycles. The van der Waals surface area contributed by atoms with Gasteiger partial charge in [0.1, 0.15) is 0 Å². The second kappa shape index (κ2) is 6.61. The highest BCUT2D eigenvalue weighted by molar-refractivity contribution is 4.83. The zero-order chi connectivity index (χ0) is 13.0. The largest absolute Gasteiger partial charge is 0.316 e. The van der Waals surface area contributed by atoms with E-state index in [0.717, 1.165) is 0 Å². The first-order chi connectivity index (χ1) is 7.20. The van der Waals surface area contributed by atoms with Crippen molar-refractivity contribution in [1.29, 1.82) is 0 Å². The van der Waals surface area contributed by atoms with Gasteiger partial charge in [-0.1, -0.05) is 27.7 Å². The summed E-state index contributed by atoms with van der Waals surface area (Å²) in [5.41, 5.74) is 6.10. The van der Waals surface area contributed by atoms with Crippen molar-refractivity contribution in [2.45, 2.75) is 73.6 Å². The zero-order valence-electron chi connectivity index (χ0n) is 12.5. The molecule has 2 heteroatoms. The SMILES string of the molecule is CC(C)C(C(C)C)C(C)N(C(C)C)C(C)N. The maximum atomic E-state index is 6.10. The Morgan fingerprint density at radius 3 is 1.31 bits per heavy atom. The molecule has 2 nitrogen and oxygen atoms in total. The molecule has 0 spiro atoms. The van der Waals surface area contributed by atoms with Crippen LogP contribution in [0.25, 0.3) is 0 Å². The molecule has 16 heavy (non-hydrogen) atoms. The van der Waals surface area contributed by atoms with Crippen LogP contribution in [0.2, 0.25) is 0 Å². The fourth-order valence-corrected chi connectivity index (χ4v) is 3.39. The Morgan fingerprint density at radius 1 is 0.750 bits per heavy atom. The summed E-state index contributed by atoms with van der Waals surface area (Å²) in [5, 5.41) is 0. The summed E-state index contributed by atoms with van der Waals surface area (Å²) >= 11 is 0. The average molecular weight is 228 g/mol. The van der Waals surface area contributed by atoms with Crippen molar-refractivity contribution in [2.75, 3.05) is 0 Å². The molecule has 2 N–H and O–H groups in total. The van der Waals surface area contributed by atoms with Crippen LogP contribution >= 0.6 is 0 Å². The maximum absolute atomic E-state index is 6.10. The van der Waals surface area contributed by atoms with Gasteiger partial charge in [0.15, 0.2) is 0 Å². The van der Waals surface area contributed by atoms with E-state index in [0.29, 0.717) is 29.8 Å². The van der Waals surface area contributed by atoms with Gasteiger partial charge in [-0.3, -0.25) is 4.90 Å². The zero-order valence-corrected chi connectivity index (χ0v) is 12.5. The van der Waals surface area contributed by atoms with Crippen molar-refractivity contribution < 1.29 is 0 Å². The number of nitrogens with two attached hydrogens (primary N) is 1. The fourth-order valence-electron chi connectivity index (χ4n) is 3.39. The van der Waals surface area contributed by atoms with E-state index in [2.05, 4.69) is 60.3 Å². The summed E-state index contributed by atoms with van der Waals surface area (Å²) in [6.07, 6.45) is 0.134. The van der Waals surface area contributed by atoms with E-state index < -0.39 is 0 Å². The van der Waals surface area contributed by atoms with E-state index in [9.17, 15) is 0 Å². The van der Waals surface area contributed by atoms with E-state index in [1.54, 1.807) is 0 Å². The van der Waals surface area contributed by atoms with Crippen molar-refractivity contribution >= 4 is 0 Å². The summed E-state index contributed by atoms with van der Waals surface area (Å²) in [5.74, 6) is 2.11. The minimum absolute atomic E-state index is 0.134. The molecule has 98 valence electrons. The lowest BCUT2D eigenvalue weighted by Crippen LogP contribution is -2.53. The molecule has 0 aromatic heterocycles. The van der Waals surface area contributed by atoms with Crippen molar-refractivity contribution in [2.24, 2.45) is 23.5 Å². The Bertz CT molecular complexity index is 149. The highest BCUT2D eigenvalue weighted by Crippen LogP contribution is 2.29. The van der Waals surface area contributed by atoms with Crippen LogP contribution in [0.5, 0.6) is 0 Å². The number of hydrogen-bond donors (Lipinski definition) is 1. The molecule has 0 saturated heterocycles. The van der Waals surface area contributed by atoms with Gasteiger partial charge in [0.05, 0.1) is 6.17 Å². The van der Waals surface area contributed by atoms with Crippen molar-refractivity contribution in [3.05, 3.63) is 0 Å². The lowest BCUT2D eigenvalue weighted by molar-refractivity contribution is 0.0436. The lowest BCUT2D eigenvalue weighted by Gasteiger charge is -2.43. The molecule has 0 aliphatic carbocycles. The van der Waals surface area contributed by atoms with E-state index in [4.69, 9.17) is 5.73 Å². The van der Waals surface area contributed by atoms with Crippen LogP contribution in [-0.4, -0.2) is 23.1 Å². The first kappa shape index (κ1) is 15.9. The minimum atomic E-state index is 0.134. The summed E-state index contributed by atoms with van der Waals surface area (Å²) in [4.78, 5) is 2.44. The van der Waals surface area contributed by atoms with Gasteiger partial charge in [-0.25, -0.2) is 0 Å². The third kappa shape index (κ3) is 4.06. The third-order valence-electron chi connectivity index (χ3n) is 3.63. The van der Waals surface area contributed by atoms with Gasteiger partial charge in [0, 0.05) is 12.1 Å². The second-order valence-corrected chi connectivity index (χ2v) is 6.09. The molecular weight excluding hydrogens is 196 g/mol. The Kier molecular flexibility index (Phi) is 6.57. The van der Waals surface area contributed by atoms with Crippen molar-refractivity contribution in [1.82, 2.24) is 4.90 Å². The van der Waals surface area contributed by atoms with Gasteiger partial charge in [-0.15, -0.1) is 0 Å². The monoisotopic (exact) mass is 228 g/mol. The third-order valence-corrected chi connectivity index (χ3v) is 3.63. The van der Waals surface area contributed by atoms with Crippen molar-refractivity contribution in [3.8, 4) is 0 Å². The molecule has 0 saturated carbocycles. The highest BCUT2D eigenvalue weighted by Gasteiger charge is 2.31. The molecule has 0 bridgehead atoms. The summed E-state index contributed by atoms with van der Waals surface area (Å²) in [7, 11) is 0. The molecule has 0 fully saturated rings. The molecule has 0 aliphatic rings. The van der Waals surface area contributed by atoms with Gasteiger partial charge in [0.25, 0.3) is 0 Å². The van der Waals surface area contributed by atoms with E-state index >= 15 is 0 Å². The Balaban J connectivity index is 4.88. The number of nitrogens with zero attached hydrogens (tertiary/aromatic N) is 1. The predicted octanol–water partition coefficient (Wildman–Crippen LogP) is 3.32. The van der Waals surface area contributed by atoms with Crippen LogP contribution in [0.3, 0.4) is 0 Å².